The Bertz CT molecular complexity index is 964. The number of thioether (sulfide) groups is 1. The van der Waals surface area contributed by atoms with Crippen molar-refractivity contribution in [2.24, 2.45) is 0 Å². The number of ether oxygens (including phenoxy) is 1. The van der Waals surface area contributed by atoms with Crippen LogP contribution in [-0.4, -0.2) is 27.7 Å². The summed E-state index contributed by atoms with van der Waals surface area (Å²) < 4.78 is 5.70. The summed E-state index contributed by atoms with van der Waals surface area (Å²) in [5, 5.41) is 1.85. The minimum Gasteiger partial charge on any atom is -0.493 e. The van der Waals surface area contributed by atoms with Crippen molar-refractivity contribution in [3.05, 3.63) is 62.2 Å². The predicted molar refractivity (Wildman–Crippen MR) is 104 cm³/mol. The molecule has 2 N–H and O–H groups in total. The van der Waals surface area contributed by atoms with E-state index in [1.54, 1.807) is 30.3 Å². The molecular weight excluding hydrogens is 366 g/mol. The molecule has 0 radical (unpaired) electrons. The van der Waals surface area contributed by atoms with Crippen LogP contribution in [0.15, 0.2) is 34.0 Å². The van der Waals surface area contributed by atoms with Gasteiger partial charge in [-0.05, 0) is 42.5 Å². The molecule has 0 unspecified atom stereocenters. The number of amides is 2. The fraction of sp³-hybridized carbons (Fsp3) is 0.263. The fourth-order valence-corrected chi connectivity index (χ4v) is 3.32. The molecule has 27 heavy (non-hydrogen) atoms. The normalized spacial score (nSPS) is 15.3. The van der Waals surface area contributed by atoms with Gasteiger partial charge in [0.1, 0.15) is 11.6 Å². The Morgan fingerprint density at radius 3 is 2.52 bits per heavy atom. The second kappa shape index (κ2) is 8.22. The Morgan fingerprint density at radius 2 is 1.93 bits per heavy atom. The maximum absolute atomic E-state index is 12.1. The molecule has 1 aliphatic rings. The van der Waals surface area contributed by atoms with Crippen molar-refractivity contribution in [1.82, 2.24) is 15.3 Å². The van der Waals surface area contributed by atoms with E-state index in [0.29, 0.717) is 41.5 Å². The number of nitrogens with zero attached hydrogens (tertiary/aromatic N) is 1. The summed E-state index contributed by atoms with van der Waals surface area (Å²) in [7, 11) is 0. The molecule has 2 amide bonds. The van der Waals surface area contributed by atoms with Crippen LogP contribution in [-0.2, 0) is 17.6 Å². The van der Waals surface area contributed by atoms with Gasteiger partial charge in [0.2, 0.25) is 0 Å². The Labute approximate surface area is 160 Å². The Kier molecular flexibility index (Phi) is 5.75. The molecule has 140 valence electrons. The van der Waals surface area contributed by atoms with Gasteiger partial charge >= 0.3 is 0 Å². The maximum atomic E-state index is 12.1. The highest BCUT2D eigenvalue weighted by Crippen LogP contribution is 2.26. The van der Waals surface area contributed by atoms with Crippen molar-refractivity contribution in [1.29, 1.82) is 0 Å². The van der Waals surface area contributed by atoms with Gasteiger partial charge in [0.25, 0.3) is 16.7 Å². The number of hydrogen-bond acceptors (Lipinski definition) is 6. The highest BCUT2D eigenvalue weighted by molar-refractivity contribution is 8.18. The lowest BCUT2D eigenvalue weighted by atomic mass is 10.1. The maximum Gasteiger partial charge on any atom is 0.290 e. The van der Waals surface area contributed by atoms with Gasteiger partial charge in [-0.2, -0.15) is 0 Å². The van der Waals surface area contributed by atoms with E-state index in [4.69, 9.17) is 4.74 Å². The van der Waals surface area contributed by atoms with Crippen molar-refractivity contribution < 1.29 is 14.3 Å². The van der Waals surface area contributed by atoms with Crippen LogP contribution in [0.5, 0.6) is 5.75 Å². The smallest absolute Gasteiger partial charge is 0.290 e. The molecule has 7 nitrogen and oxygen atoms in total. The van der Waals surface area contributed by atoms with E-state index in [1.165, 1.54) is 0 Å². The van der Waals surface area contributed by atoms with Crippen LogP contribution in [0.4, 0.5) is 4.79 Å². The van der Waals surface area contributed by atoms with Crippen LogP contribution in [0.25, 0.3) is 6.08 Å². The number of rotatable bonds is 6. The Hall–Kier alpha value is -2.87. The van der Waals surface area contributed by atoms with Crippen LogP contribution in [0.1, 0.15) is 29.6 Å². The Morgan fingerprint density at radius 1 is 1.19 bits per heavy atom. The van der Waals surface area contributed by atoms with Gasteiger partial charge in [-0.3, -0.25) is 19.7 Å². The van der Waals surface area contributed by atoms with Crippen molar-refractivity contribution in [3.63, 3.8) is 0 Å². The van der Waals surface area contributed by atoms with E-state index in [9.17, 15) is 14.4 Å². The third-order valence-corrected chi connectivity index (χ3v) is 4.86. The third-order valence-electron chi connectivity index (χ3n) is 4.05. The summed E-state index contributed by atoms with van der Waals surface area (Å²) in [6.45, 7) is 4.12. The highest BCUT2D eigenvalue weighted by atomic mass is 32.2. The zero-order valence-electron chi connectivity index (χ0n) is 15.0. The van der Waals surface area contributed by atoms with Crippen molar-refractivity contribution in [3.8, 4) is 5.75 Å². The van der Waals surface area contributed by atoms with E-state index in [2.05, 4.69) is 15.3 Å². The fourth-order valence-electron chi connectivity index (χ4n) is 2.63. The SMILES string of the molecule is CCc1nc(C)c(CCOc2ccc(C=C3SC(=O)NC3=O)cc2)c(=O)[nH]1. The molecule has 0 aliphatic carbocycles. The Balaban J connectivity index is 1.60. The molecule has 1 aromatic carbocycles. The molecule has 2 heterocycles. The lowest BCUT2D eigenvalue weighted by Crippen LogP contribution is -2.20. The number of carbonyl (C=O) groups is 2. The first-order valence-corrected chi connectivity index (χ1v) is 9.34. The van der Waals surface area contributed by atoms with E-state index in [1.807, 2.05) is 13.8 Å². The van der Waals surface area contributed by atoms with E-state index < -0.39 is 0 Å². The van der Waals surface area contributed by atoms with Crippen molar-refractivity contribution in [2.75, 3.05) is 6.61 Å². The standard InChI is InChI=1S/C19H19N3O4S/c1-3-16-20-11(2)14(17(23)21-16)8-9-26-13-6-4-12(5-7-13)10-15-18(24)22-19(25)27-15/h4-7,10H,3,8-9H2,1-2H3,(H,20,21,23)(H,22,24,25). The summed E-state index contributed by atoms with van der Waals surface area (Å²) in [5.74, 6) is 0.959. The monoisotopic (exact) mass is 385 g/mol. The lowest BCUT2D eigenvalue weighted by molar-refractivity contribution is -0.115. The molecule has 1 fully saturated rings. The van der Waals surface area contributed by atoms with Crippen LogP contribution >= 0.6 is 11.8 Å². The van der Waals surface area contributed by atoms with E-state index in [-0.39, 0.29) is 16.7 Å². The van der Waals surface area contributed by atoms with Gasteiger partial charge in [-0.1, -0.05) is 19.1 Å². The zero-order chi connectivity index (χ0) is 19.4. The summed E-state index contributed by atoms with van der Waals surface area (Å²) >= 11 is 0.881. The molecule has 8 heteroatoms. The molecule has 3 rings (SSSR count). The molecule has 1 aromatic heterocycles. The number of aromatic nitrogens is 2. The van der Waals surface area contributed by atoms with Crippen LogP contribution in [0.2, 0.25) is 0 Å². The quantitative estimate of drug-likeness (QED) is 0.741. The largest absolute Gasteiger partial charge is 0.493 e. The molecule has 0 saturated carbocycles. The van der Waals surface area contributed by atoms with Crippen LogP contribution in [0, 0.1) is 6.92 Å². The number of hydrogen-bond donors (Lipinski definition) is 2. The summed E-state index contributed by atoms with van der Waals surface area (Å²) in [6.07, 6.45) is 2.80. The van der Waals surface area contributed by atoms with Crippen molar-refractivity contribution >= 4 is 29.0 Å². The first-order chi connectivity index (χ1) is 13.0. The van der Waals surface area contributed by atoms with Gasteiger partial charge in [0, 0.05) is 24.1 Å². The first kappa shape index (κ1) is 18.9. The zero-order valence-corrected chi connectivity index (χ0v) is 15.8. The summed E-state index contributed by atoms with van der Waals surface area (Å²) in [6, 6.07) is 7.16. The summed E-state index contributed by atoms with van der Waals surface area (Å²) in [5.41, 5.74) is 2.03. The van der Waals surface area contributed by atoms with Crippen LogP contribution < -0.4 is 15.6 Å². The van der Waals surface area contributed by atoms with Crippen molar-refractivity contribution in [2.45, 2.75) is 26.7 Å². The average Bonchev–Trinajstić information content (AvgIpc) is 2.95. The highest BCUT2D eigenvalue weighted by Gasteiger charge is 2.24. The number of benzene rings is 1. The second-order valence-corrected chi connectivity index (χ2v) is 6.96. The number of aryl methyl sites for hydroxylation is 2. The second-order valence-electron chi connectivity index (χ2n) is 5.95. The van der Waals surface area contributed by atoms with Gasteiger partial charge < -0.3 is 9.72 Å². The minimum absolute atomic E-state index is 0.119. The number of imide groups is 1. The van der Waals surface area contributed by atoms with Gasteiger partial charge in [0.15, 0.2) is 0 Å². The number of aromatic amines is 1. The molecular formula is C19H19N3O4S. The minimum atomic E-state index is -0.381. The van der Waals surface area contributed by atoms with E-state index in [0.717, 1.165) is 23.0 Å². The molecule has 0 spiro atoms. The molecule has 2 aromatic rings. The van der Waals surface area contributed by atoms with Gasteiger partial charge in [-0.15, -0.1) is 0 Å². The number of carbonyl (C=O) groups excluding carboxylic acids is 2. The molecule has 1 aliphatic heterocycles. The molecule has 0 bridgehead atoms. The lowest BCUT2D eigenvalue weighted by Gasteiger charge is -2.08. The topological polar surface area (TPSA) is 101 Å². The molecule has 1 saturated heterocycles. The average molecular weight is 385 g/mol. The van der Waals surface area contributed by atoms with E-state index >= 15 is 0 Å². The van der Waals surface area contributed by atoms with Crippen LogP contribution in [0.3, 0.4) is 0 Å². The number of nitrogens with one attached hydrogen (secondary N) is 2. The number of H-pyrrole nitrogens is 1. The predicted octanol–water partition coefficient (Wildman–Crippen LogP) is 2.59. The van der Waals surface area contributed by atoms with Gasteiger partial charge in [-0.25, -0.2) is 4.98 Å². The molecule has 0 atom stereocenters. The van der Waals surface area contributed by atoms with Gasteiger partial charge in [0.05, 0.1) is 11.5 Å². The first-order valence-electron chi connectivity index (χ1n) is 8.52. The summed E-state index contributed by atoms with van der Waals surface area (Å²) in [4.78, 5) is 42.3. The third kappa shape index (κ3) is 4.65.